The van der Waals surface area contributed by atoms with Crippen molar-refractivity contribution in [1.82, 2.24) is 9.97 Å². The molecule has 0 fully saturated rings. The number of amides is 1. The monoisotopic (exact) mass is 306 g/mol. The van der Waals surface area contributed by atoms with Gasteiger partial charge in [-0.25, -0.2) is 9.97 Å². The summed E-state index contributed by atoms with van der Waals surface area (Å²) in [6.07, 6.45) is 3.49. The maximum Gasteiger partial charge on any atom is 0.245 e. The maximum absolute atomic E-state index is 11.5. The second-order valence-corrected chi connectivity index (χ2v) is 5.90. The average molecular weight is 307 g/mol. The number of aryl methyl sites for hydroxylation is 1. The van der Waals surface area contributed by atoms with Crippen molar-refractivity contribution in [3.8, 4) is 0 Å². The lowest BCUT2D eigenvalue weighted by Crippen LogP contribution is -2.19. The summed E-state index contributed by atoms with van der Waals surface area (Å²) in [4.78, 5) is 20.8. The van der Waals surface area contributed by atoms with Gasteiger partial charge in [0.15, 0.2) is 5.16 Å². The van der Waals surface area contributed by atoms with Crippen LogP contribution < -0.4 is 11.1 Å². The number of carbonyl (C=O) groups excluding carboxylic acids is 1. The van der Waals surface area contributed by atoms with Crippen LogP contribution in [-0.2, 0) is 4.79 Å². The summed E-state index contributed by atoms with van der Waals surface area (Å²) in [5.74, 6) is -0.218. The molecule has 102 valence electrons. The van der Waals surface area contributed by atoms with E-state index in [-0.39, 0.29) is 5.91 Å². The molecule has 1 aromatic heterocycles. The van der Waals surface area contributed by atoms with Crippen LogP contribution in [0, 0.1) is 6.92 Å². The fourth-order valence-electron chi connectivity index (χ4n) is 1.90. The van der Waals surface area contributed by atoms with Crippen molar-refractivity contribution >= 4 is 35.0 Å². The largest absolute Gasteiger partial charge is 0.324 e. The van der Waals surface area contributed by atoms with Crippen molar-refractivity contribution in [3.05, 3.63) is 40.7 Å². The van der Waals surface area contributed by atoms with Gasteiger partial charge in [-0.3, -0.25) is 4.79 Å². The first-order valence-electron chi connectivity index (χ1n) is 5.91. The molecule has 1 aliphatic heterocycles. The Labute approximate surface area is 124 Å². The predicted molar refractivity (Wildman–Crippen MR) is 77.9 cm³/mol. The van der Waals surface area contributed by atoms with E-state index in [0.29, 0.717) is 21.4 Å². The Morgan fingerprint density at radius 2 is 2.05 bits per heavy atom. The minimum atomic E-state index is -0.655. The van der Waals surface area contributed by atoms with Crippen molar-refractivity contribution in [3.63, 3.8) is 0 Å². The first-order chi connectivity index (χ1) is 9.54. The number of fused-ring (bicyclic) bond motifs is 1. The Bertz CT molecular complexity index is 690. The van der Waals surface area contributed by atoms with Crippen LogP contribution in [0.2, 0.25) is 5.02 Å². The molecular weight excluding hydrogens is 296 g/mol. The Hall–Kier alpha value is -1.63. The number of hydrogen-bond acceptors (Lipinski definition) is 5. The van der Waals surface area contributed by atoms with Gasteiger partial charge in [-0.1, -0.05) is 11.6 Å². The third kappa shape index (κ3) is 2.37. The molecule has 0 spiro atoms. The summed E-state index contributed by atoms with van der Waals surface area (Å²) in [7, 11) is 0. The molecule has 0 saturated carbocycles. The molecule has 1 atom stereocenters. The number of rotatable bonds is 2. The number of hydrogen-bond donors (Lipinski definition) is 2. The quantitative estimate of drug-likeness (QED) is 0.833. The molecular formula is C13H11ClN4OS. The Kier molecular flexibility index (Phi) is 3.37. The smallest absolute Gasteiger partial charge is 0.245 e. The Balaban J connectivity index is 1.94. The van der Waals surface area contributed by atoms with Crippen LogP contribution in [-0.4, -0.2) is 15.9 Å². The van der Waals surface area contributed by atoms with Crippen LogP contribution in [0.5, 0.6) is 0 Å². The molecule has 1 aromatic carbocycles. The van der Waals surface area contributed by atoms with Crippen molar-refractivity contribution in [2.45, 2.75) is 23.0 Å². The number of benzene rings is 1. The molecule has 0 radical (unpaired) electrons. The van der Waals surface area contributed by atoms with Crippen LogP contribution >= 0.6 is 23.4 Å². The molecule has 0 saturated heterocycles. The average Bonchev–Trinajstić information content (AvgIpc) is 2.69. The van der Waals surface area contributed by atoms with Crippen molar-refractivity contribution < 1.29 is 4.79 Å². The predicted octanol–water partition coefficient (Wildman–Crippen LogP) is 2.54. The Morgan fingerprint density at radius 3 is 2.75 bits per heavy atom. The van der Waals surface area contributed by atoms with Gasteiger partial charge in [0.2, 0.25) is 5.91 Å². The number of nitrogens with zero attached hydrogens (tertiary/aromatic N) is 2. The van der Waals surface area contributed by atoms with E-state index in [0.717, 1.165) is 10.5 Å². The van der Waals surface area contributed by atoms with E-state index in [9.17, 15) is 4.79 Å². The van der Waals surface area contributed by atoms with Crippen LogP contribution in [0.15, 0.2) is 34.6 Å². The van der Waals surface area contributed by atoms with Crippen molar-refractivity contribution in [2.24, 2.45) is 5.73 Å². The molecule has 5 nitrogen and oxygen atoms in total. The number of nitrogens with two attached hydrogens (primary N) is 1. The minimum Gasteiger partial charge on any atom is -0.324 e. The van der Waals surface area contributed by atoms with Gasteiger partial charge >= 0.3 is 0 Å². The van der Waals surface area contributed by atoms with E-state index in [1.54, 1.807) is 24.5 Å². The zero-order chi connectivity index (χ0) is 14.3. The highest BCUT2D eigenvalue weighted by Crippen LogP contribution is 2.39. The van der Waals surface area contributed by atoms with Crippen LogP contribution in [0.1, 0.15) is 17.2 Å². The number of aromatic nitrogens is 2. The van der Waals surface area contributed by atoms with Crippen LogP contribution in [0.4, 0.5) is 5.69 Å². The standard InChI is InChI=1S/C13H11ClN4OS/c1-6-4-16-13(17-5-6)20-10-3-9-7(2-8(10)14)11(15)12(19)18-9/h2-5,11H,15H2,1H3,(H,18,19). The third-order valence-electron chi connectivity index (χ3n) is 2.94. The van der Waals surface area contributed by atoms with Gasteiger partial charge in [0.1, 0.15) is 6.04 Å². The second-order valence-electron chi connectivity index (χ2n) is 4.48. The first kappa shape index (κ1) is 13.4. The lowest BCUT2D eigenvalue weighted by atomic mass is 10.1. The number of carbonyl (C=O) groups is 1. The lowest BCUT2D eigenvalue weighted by molar-refractivity contribution is -0.116. The van der Waals surface area contributed by atoms with Gasteiger partial charge in [0, 0.05) is 28.5 Å². The summed E-state index contributed by atoms with van der Waals surface area (Å²) >= 11 is 7.58. The first-order valence-corrected chi connectivity index (χ1v) is 7.10. The van der Waals surface area contributed by atoms with Gasteiger partial charge in [-0.2, -0.15) is 0 Å². The van der Waals surface area contributed by atoms with E-state index in [1.165, 1.54) is 11.8 Å². The SMILES string of the molecule is Cc1cnc(Sc2cc3c(cc2Cl)C(N)C(=O)N3)nc1. The summed E-state index contributed by atoms with van der Waals surface area (Å²) in [6, 6.07) is 2.86. The van der Waals surface area contributed by atoms with E-state index < -0.39 is 6.04 Å². The van der Waals surface area contributed by atoms with Gasteiger partial charge < -0.3 is 11.1 Å². The molecule has 1 unspecified atom stereocenters. The molecule has 1 amide bonds. The highest BCUT2D eigenvalue weighted by Gasteiger charge is 2.28. The number of halogens is 1. The van der Waals surface area contributed by atoms with E-state index in [4.69, 9.17) is 17.3 Å². The van der Waals surface area contributed by atoms with Crippen LogP contribution in [0.25, 0.3) is 0 Å². The van der Waals surface area contributed by atoms with Crippen LogP contribution in [0.3, 0.4) is 0 Å². The fraction of sp³-hybridized carbons (Fsp3) is 0.154. The highest BCUT2D eigenvalue weighted by atomic mass is 35.5. The van der Waals surface area contributed by atoms with E-state index in [2.05, 4.69) is 15.3 Å². The zero-order valence-corrected chi connectivity index (χ0v) is 12.1. The molecule has 3 N–H and O–H groups in total. The molecule has 2 heterocycles. The van der Waals surface area contributed by atoms with E-state index >= 15 is 0 Å². The second kappa shape index (κ2) is 5.05. The molecule has 20 heavy (non-hydrogen) atoms. The number of nitrogens with one attached hydrogen (secondary N) is 1. The molecule has 2 aromatic rings. The molecule has 0 aliphatic carbocycles. The minimum absolute atomic E-state index is 0.218. The van der Waals surface area contributed by atoms with Gasteiger partial charge in [-0.15, -0.1) is 0 Å². The summed E-state index contributed by atoms with van der Waals surface area (Å²) in [5, 5.41) is 3.87. The van der Waals surface area contributed by atoms with Gasteiger partial charge in [0.25, 0.3) is 0 Å². The summed E-state index contributed by atoms with van der Waals surface area (Å²) in [6.45, 7) is 1.92. The van der Waals surface area contributed by atoms with Gasteiger partial charge in [0.05, 0.1) is 5.02 Å². The highest BCUT2D eigenvalue weighted by molar-refractivity contribution is 7.99. The zero-order valence-electron chi connectivity index (χ0n) is 10.6. The Morgan fingerprint density at radius 1 is 1.35 bits per heavy atom. The molecule has 1 aliphatic rings. The molecule has 7 heteroatoms. The normalized spacial score (nSPS) is 16.9. The van der Waals surface area contributed by atoms with E-state index in [1.807, 2.05) is 6.92 Å². The summed E-state index contributed by atoms with van der Waals surface area (Å²) < 4.78 is 0. The topological polar surface area (TPSA) is 80.9 Å². The summed E-state index contributed by atoms with van der Waals surface area (Å²) in [5.41, 5.74) is 8.18. The van der Waals surface area contributed by atoms with Crippen molar-refractivity contribution in [1.29, 1.82) is 0 Å². The fourth-order valence-corrected chi connectivity index (χ4v) is 2.92. The number of anilines is 1. The van der Waals surface area contributed by atoms with Gasteiger partial charge in [-0.05, 0) is 36.4 Å². The molecule has 0 bridgehead atoms. The lowest BCUT2D eigenvalue weighted by Gasteiger charge is -2.07. The molecule has 3 rings (SSSR count). The van der Waals surface area contributed by atoms with Crippen molar-refractivity contribution in [2.75, 3.05) is 5.32 Å². The maximum atomic E-state index is 11.5. The third-order valence-corrected chi connectivity index (χ3v) is 4.31.